The minimum Gasteiger partial charge on any atom is -0.325 e. The lowest BCUT2D eigenvalue weighted by molar-refractivity contribution is 0.587. The molecule has 0 fully saturated rings. The van der Waals surface area contributed by atoms with Crippen molar-refractivity contribution in [2.75, 3.05) is 5.75 Å². The van der Waals surface area contributed by atoms with Gasteiger partial charge in [-0.1, -0.05) is 20.8 Å². The number of hydrogen-bond acceptors (Lipinski definition) is 2. The van der Waals surface area contributed by atoms with E-state index in [9.17, 15) is 0 Å². The van der Waals surface area contributed by atoms with E-state index in [1.807, 2.05) is 11.8 Å². The summed E-state index contributed by atoms with van der Waals surface area (Å²) >= 11 is 1.92. The van der Waals surface area contributed by atoms with E-state index in [-0.39, 0.29) is 5.54 Å². The molecule has 2 heteroatoms. The standard InChI is InChI=1S/C8H19NS/c1-7(2,3)10-6-8(4,5)9/h6,9H2,1-5H3. The van der Waals surface area contributed by atoms with Crippen molar-refractivity contribution in [3.05, 3.63) is 0 Å². The second-order valence-electron chi connectivity index (χ2n) is 4.39. The van der Waals surface area contributed by atoms with Gasteiger partial charge in [0.2, 0.25) is 0 Å². The Morgan fingerprint density at radius 3 is 1.60 bits per heavy atom. The summed E-state index contributed by atoms with van der Waals surface area (Å²) in [6.07, 6.45) is 0. The molecule has 0 atom stereocenters. The van der Waals surface area contributed by atoms with E-state index in [1.54, 1.807) is 0 Å². The van der Waals surface area contributed by atoms with E-state index in [0.29, 0.717) is 4.75 Å². The zero-order valence-corrected chi connectivity index (χ0v) is 8.51. The van der Waals surface area contributed by atoms with Crippen molar-refractivity contribution in [3.8, 4) is 0 Å². The molecule has 0 aromatic rings. The Bertz CT molecular complexity index is 82.8. The largest absolute Gasteiger partial charge is 0.325 e. The van der Waals surface area contributed by atoms with Gasteiger partial charge < -0.3 is 5.73 Å². The highest BCUT2D eigenvalue weighted by Gasteiger charge is 2.17. The first kappa shape index (κ1) is 10.3. The Kier molecular flexibility index (Phi) is 3.24. The fourth-order valence-electron chi connectivity index (χ4n) is 0.403. The summed E-state index contributed by atoms with van der Waals surface area (Å²) in [5.41, 5.74) is 5.79. The van der Waals surface area contributed by atoms with Gasteiger partial charge in [-0.25, -0.2) is 0 Å². The van der Waals surface area contributed by atoms with Crippen molar-refractivity contribution in [1.29, 1.82) is 0 Å². The quantitative estimate of drug-likeness (QED) is 0.672. The van der Waals surface area contributed by atoms with Gasteiger partial charge in [-0.3, -0.25) is 0 Å². The van der Waals surface area contributed by atoms with Gasteiger partial charge in [0.05, 0.1) is 0 Å². The molecule has 62 valence electrons. The molecule has 0 bridgehead atoms. The van der Waals surface area contributed by atoms with Crippen LogP contribution in [0, 0.1) is 0 Å². The highest BCUT2D eigenvalue weighted by molar-refractivity contribution is 8.00. The van der Waals surface area contributed by atoms with Crippen LogP contribution < -0.4 is 5.73 Å². The maximum absolute atomic E-state index is 5.82. The Morgan fingerprint density at radius 1 is 1.10 bits per heavy atom. The van der Waals surface area contributed by atoms with Crippen molar-refractivity contribution < 1.29 is 0 Å². The third kappa shape index (κ3) is 8.31. The molecular weight excluding hydrogens is 142 g/mol. The van der Waals surface area contributed by atoms with Crippen LogP contribution in [0.15, 0.2) is 0 Å². The van der Waals surface area contributed by atoms with Crippen LogP contribution in [0.4, 0.5) is 0 Å². The SMILES string of the molecule is CC(C)(N)CSC(C)(C)C. The number of hydrogen-bond donors (Lipinski definition) is 1. The van der Waals surface area contributed by atoms with Crippen LogP contribution in [0.5, 0.6) is 0 Å². The minimum absolute atomic E-state index is 0.0298. The lowest BCUT2D eigenvalue weighted by Gasteiger charge is -2.24. The average molecular weight is 161 g/mol. The molecule has 0 aromatic heterocycles. The second kappa shape index (κ2) is 3.14. The van der Waals surface area contributed by atoms with Crippen molar-refractivity contribution in [1.82, 2.24) is 0 Å². The third-order valence-corrected chi connectivity index (χ3v) is 2.63. The molecule has 0 unspecified atom stereocenters. The lowest BCUT2D eigenvalue weighted by atomic mass is 10.1. The minimum atomic E-state index is -0.0298. The van der Waals surface area contributed by atoms with Crippen molar-refractivity contribution in [2.45, 2.75) is 44.9 Å². The van der Waals surface area contributed by atoms with Gasteiger partial charge >= 0.3 is 0 Å². The Balaban J connectivity index is 3.56. The Morgan fingerprint density at radius 2 is 1.50 bits per heavy atom. The smallest absolute Gasteiger partial charge is 0.0188 e. The molecule has 0 aliphatic rings. The van der Waals surface area contributed by atoms with Crippen molar-refractivity contribution in [3.63, 3.8) is 0 Å². The molecular formula is C8H19NS. The van der Waals surface area contributed by atoms with Gasteiger partial charge in [0, 0.05) is 16.0 Å². The van der Waals surface area contributed by atoms with E-state index in [4.69, 9.17) is 5.73 Å². The molecule has 0 aromatic carbocycles. The molecule has 10 heavy (non-hydrogen) atoms. The summed E-state index contributed by atoms with van der Waals surface area (Å²) in [4.78, 5) is 0. The monoisotopic (exact) mass is 161 g/mol. The summed E-state index contributed by atoms with van der Waals surface area (Å²) in [6.45, 7) is 10.8. The molecule has 0 radical (unpaired) electrons. The number of rotatable bonds is 2. The Labute approximate surface area is 68.8 Å². The average Bonchev–Trinajstić information content (AvgIpc) is 1.57. The first-order valence-corrected chi connectivity index (χ1v) is 4.62. The van der Waals surface area contributed by atoms with E-state index in [1.165, 1.54) is 0 Å². The van der Waals surface area contributed by atoms with Crippen LogP contribution in [-0.4, -0.2) is 16.0 Å². The van der Waals surface area contributed by atoms with Gasteiger partial charge in [-0.2, -0.15) is 11.8 Å². The first-order chi connectivity index (χ1) is 4.21. The molecule has 0 spiro atoms. The molecule has 0 aliphatic heterocycles. The van der Waals surface area contributed by atoms with Gasteiger partial charge in [-0.15, -0.1) is 0 Å². The van der Waals surface area contributed by atoms with Gasteiger partial charge in [0.1, 0.15) is 0 Å². The summed E-state index contributed by atoms with van der Waals surface area (Å²) in [6, 6.07) is 0. The lowest BCUT2D eigenvalue weighted by Crippen LogP contribution is -2.36. The van der Waals surface area contributed by atoms with Gasteiger partial charge in [-0.05, 0) is 13.8 Å². The fraction of sp³-hybridized carbons (Fsp3) is 1.00. The zero-order chi connectivity index (χ0) is 8.41. The zero-order valence-electron chi connectivity index (χ0n) is 7.69. The Hall–Kier alpha value is 0.310. The molecule has 1 nitrogen and oxygen atoms in total. The maximum atomic E-state index is 5.82. The van der Waals surface area contributed by atoms with Crippen LogP contribution in [0.25, 0.3) is 0 Å². The van der Waals surface area contributed by atoms with Gasteiger partial charge in [0.25, 0.3) is 0 Å². The first-order valence-electron chi connectivity index (χ1n) is 3.64. The molecule has 0 heterocycles. The molecule has 0 amide bonds. The predicted octanol–water partition coefficient (Wildman–Crippen LogP) is 2.26. The third-order valence-electron chi connectivity index (χ3n) is 0.877. The number of nitrogens with two attached hydrogens (primary N) is 1. The number of thioether (sulfide) groups is 1. The van der Waals surface area contributed by atoms with E-state index in [0.717, 1.165) is 5.75 Å². The molecule has 0 saturated heterocycles. The summed E-state index contributed by atoms with van der Waals surface area (Å²) < 4.78 is 0.344. The van der Waals surface area contributed by atoms with E-state index in [2.05, 4.69) is 34.6 Å². The van der Waals surface area contributed by atoms with Crippen molar-refractivity contribution >= 4 is 11.8 Å². The van der Waals surface area contributed by atoms with Crippen LogP contribution in [0.3, 0.4) is 0 Å². The van der Waals surface area contributed by atoms with Gasteiger partial charge in [0.15, 0.2) is 0 Å². The van der Waals surface area contributed by atoms with Crippen molar-refractivity contribution in [2.24, 2.45) is 5.73 Å². The summed E-state index contributed by atoms with van der Waals surface area (Å²) in [5.74, 6) is 1.02. The summed E-state index contributed by atoms with van der Waals surface area (Å²) in [7, 11) is 0. The topological polar surface area (TPSA) is 26.0 Å². The van der Waals surface area contributed by atoms with Crippen LogP contribution >= 0.6 is 11.8 Å². The highest BCUT2D eigenvalue weighted by atomic mass is 32.2. The molecule has 0 rings (SSSR count). The highest BCUT2D eigenvalue weighted by Crippen LogP contribution is 2.25. The van der Waals surface area contributed by atoms with E-state index >= 15 is 0 Å². The van der Waals surface area contributed by atoms with Crippen LogP contribution in [0.2, 0.25) is 0 Å². The van der Waals surface area contributed by atoms with Crippen LogP contribution in [0.1, 0.15) is 34.6 Å². The van der Waals surface area contributed by atoms with Crippen LogP contribution in [-0.2, 0) is 0 Å². The normalized spacial score (nSPS) is 13.8. The predicted molar refractivity (Wildman–Crippen MR) is 50.5 cm³/mol. The maximum Gasteiger partial charge on any atom is 0.0188 e. The summed E-state index contributed by atoms with van der Waals surface area (Å²) in [5, 5.41) is 0. The molecule has 0 aliphatic carbocycles. The molecule has 2 N–H and O–H groups in total. The molecule has 0 saturated carbocycles. The van der Waals surface area contributed by atoms with E-state index < -0.39 is 0 Å². The fourth-order valence-corrected chi connectivity index (χ4v) is 1.21. The second-order valence-corrected chi connectivity index (χ2v) is 6.19.